The molecule has 18 heavy (non-hydrogen) atoms. The smallest absolute Gasteiger partial charge is 0.248 e. The summed E-state index contributed by atoms with van der Waals surface area (Å²) in [6.07, 6.45) is 4.80. The molecular weight excluding hydrogens is 236 g/mol. The first-order chi connectivity index (χ1) is 8.53. The van der Waals surface area contributed by atoms with Crippen LogP contribution in [0.15, 0.2) is 12.4 Å². The molecule has 1 saturated carbocycles. The van der Waals surface area contributed by atoms with Crippen molar-refractivity contribution in [2.75, 3.05) is 6.54 Å². The normalized spacial score (nSPS) is 22.0. The molecule has 1 atom stereocenters. The van der Waals surface area contributed by atoms with Crippen molar-refractivity contribution >= 4 is 0 Å². The van der Waals surface area contributed by atoms with Gasteiger partial charge in [0.1, 0.15) is 5.82 Å². The van der Waals surface area contributed by atoms with E-state index < -0.39 is 5.92 Å². The number of nitrogens with one attached hydrogen (secondary N) is 1. The van der Waals surface area contributed by atoms with E-state index in [1.807, 2.05) is 24.7 Å². The van der Waals surface area contributed by atoms with Gasteiger partial charge in [0.15, 0.2) is 0 Å². The highest BCUT2D eigenvalue weighted by Crippen LogP contribution is 2.40. The second-order valence-corrected chi connectivity index (χ2v) is 5.13. The molecule has 1 heterocycles. The minimum atomic E-state index is -2.46. The Bertz CT molecular complexity index is 379. The van der Waals surface area contributed by atoms with E-state index in [4.69, 9.17) is 0 Å². The fraction of sp³-hybridized carbons (Fsp3) is 0.769. The van der Waals surface area contributed by atoms with Crippen molar-refractivity contribution in [1.29, 1.82) is 0 Å². The maximum absolute atomic E-state index is 13.2. The number of imidazole rings is 1. The number of aryl methyl sites for hydroxylation is 1. The van der Waals surface area contributed by atoms with Crippen LogP contribution >= 0.6 is 0 Å². The van der Waals surface area contributed by atoms with Gasteiger partial charge >= 0.3 is 0 Å². The maximum atomic E-state index is 13.2. The third kappa shape index (κ3) is 2.88. The lowest BCUT2D eigenvalue weighted by Gasteiger charge is -2.33. The first-order valence-electron chi connectivity index (χ1n) is 6.62. The lowest BCUT2D eigenvalue weighted by Crippen LogP contribution is -2.35. The minimum absolute atomic E-state index is 0.00395. The molecule has 1 unspecified atom stereocenters. The molecule has 0 bridgehead atoms. The third-order valence-corrected chi connectivity index (χ3v) is 3.79. The molecule has 0 aliphatic heterocycles. The average Bonchev–Trinajstić information content (AvgIpc) is 2.73. The highest BCUT2D eigenvalue weighted by Gasteiger charge is 2.38. The fourth-order valence-corrected chi connectivity index (χ4v) is 2.76. The second kappa shape index (κ2) is 5.34. The molecule has 1 N–H and O–H groups in total. The molecule has 1 aliphatic rings. The number of rotatable bonds is 4. The van der Waals surface area contributed by atoms with Gasteiger partial charge in [-0.2, -0.15) is 0 Å². The van der Waals surface area contributed by atoms with Crippen LogP contribution in [0.3, 0.4) is 0 Å². The summed E-state index contributed by atoms with van der Waals surface area (Å²) < 4.78 is 28.4. The molecule has 0 radical (unpaired) electrons. The van der Waals surface area contributed by atoms with Crippen molar-refractivity contribution in [1.82, 2.24) is 14.9 Å². The third-order valence-electron chi connectivity index (χ3n) is 3.79. The van der Waals surface area contributed by atoms with E-state index in [1.165, 1.54) is 0 Å². The van der Waals surface area contributed by atoms with Gasteiger partial charge in [-0.15, -0.1) is 0 Å². The fourth-order valence-electron chi connectivity index (χ4n) is 2.76. The van der Waals surface area contributed by atoms with E-state index in [0.29, 0.717) is 12.8 Å². The molecule has 3 nitrogen and oxygen atoms in total. The van der Waals surface area contributed by atoms with Crippen LogP contribution in [0.25, 0.3) is 0 Å². The number of aromatic nitrogens is 2. The van der Waals surface area contributed by atoms with Crippen molar-refractivity contribution in [3.05, 3.63) is 18.2 Å². The first-order valence-corrected chi connectivity index (χ1v) is 6.62. The molecule has 102 valence electrons. The van der Waals surface area contributed by atoms with Crippen LogP contribution in [0.5, 0.6) is 0 Å². The summed E-state index contributed by atoms with van der Waals surface area (Å²) in [5.41, 5.74) is 0. The Balaban J connectivity index is 2.10. The lowest BCUT2D eigenvalue weighted by molar-refractivity contribution is -0.0501. The van der Waals surface area contributed by atoms with Gasteiger partial charge < -0.3 is 9.88 Å². The van der Waals surface area contributed by atoms with E-state index in [1.54, 1.807) is 6.20 Å². The van der Waals surface area contributed by atoms with Gasteiger partial charge in [0.05, 0.1) is 6.04 Å². The van der Waals surface area contributed by atoms with Crippen molar-refractivity contribution < 1.29 is 8.78 Å². The summed E-state index contributed by atoms with van der Waals surface area (Å²) in [7, 11) is 1.95. The topological polar surface area (TPSA) is 29.9 Å². The highest BCUT2D eigenvalue weighted by atomic mass is 19.3. The molecule has 1 aliphatic carbocycles. The monoisotopic (exact) mass is 257 g/mol. The van der Waals surface area contributed by atoms with Gasteiger partial charge in [-0.1, -0.05) is 6.92 Å². The molecule has 1 fully saturated rings. The second-order valence-electron chi connectivity index (χ2n) is 5.13. The Labute approximate surface area is 107 Å². The van der Waals surface area contributed by atoms with Crippen LogP contribution in [0.4, 0.5) is 8.78 Å². The van der Waals surface area contributed by atoms with Gasteiger partial charge in [-0.3, -0.25) is 0 Å². The van der Waals surface area contributed by atoms with Crippen LogP contribution in [0.1, 0.15) is 44.5 Å². The Morgan fingerprint density at radius 3 is 2.67 bits per heavy atom. The summed E-state index contributed by atoms with van der Waals surface area (Å²) in [5, 5.41) is 3.39. The molecule has 0 spiro atoms. The first kappa shape index (κ1) is 13.5. The lowest BCUT2D eigenvalue weighted by atomic mass is 9.81. The van der Waals surface area contributed by atoms with E-state index in [9.17, 15) is 8.78 Å². The zero-order valence-corrected chi connectivity index (χ0v) is 11.0. The predicted molar refractivity (Wildman–Crippen MR) is 66.5 cm³/mol. The van der Waals surface area contributed by atoms with Crippen LogP contribution in [0.2, 0.25) is 0 Å². The molecule has 0 amide bonds. The standard InChI is InChI=1S/C13H21F2N3/c1-3-16-11(12-17-8-9-18(12)2)10-4-6-13(14,15)7-5-10/h8-11,16H,3-7H2,1-2H3. The van der Waals surface area contributed by atoms with Gasteiger partial charge in [0, 0.05) is 32.3 Å². The van der Waals surface area contributed by atoms with Crippen LogP contribution < -0.4 is 5.32 Å². The SMILES string of the molecule is CCNC(c1nccn1C)C1CCC(F)(F)CC1. The van der Waals surface area contributed by atoms with Crippen LogP contribution in [-0.4, -0.2) is 22.0 Å². The number of hydrogen-bond donors (Lipinski definition) is 1. The highest BCUT2D eigenvalue weighted by molar-refractivity contribution is 5.02. The summed E-state index contributed by atoms with van der Waals surface area (Å²) in [6, 6.07) is 0.0890. The van der Waals surface area contributed by atoms with Crippen molar-refractivity contribution in [2.24, 2.45) is 13.0 Å². The number of alkyl halides is 2. The summed E-state index contributed by atoms with van der Waals surface area (Å²) in [5.74, 6) is -1.26. The Morgan fingerprint density at radius 1 is 1.50 bits per heavy atom. The largest absolute Gasteiger partial charge is 0.337 e. The number of hydrogen-bond acceptors (Lipinski definition) is 2. The summed E-state index contributed by atoms with van der Waals surface area (Å²) >= 11 is 0. The van der Waals surface area contributed by atoms with E-state index in [-0.39, 0.29) is 24.8 Å². The molecular formula is C13H21F2N3. The molecule has 2 rings (SSSR count). The Morgan fingerprint density at radius 2 is 2.17 bits per heavy atom. The quantitative estimate of drug-likeness (QED) is 0.898. The minimum Gasteiger partial charge on any atom is -0.337 e. The van der Waals surface area contributed by atoms with Crippen molar-refractivity contribution in [2.45, 2.75) is 44.6 Å². The molecule has 0 saturated heterocycles. The molecule has 1 aromatic rings. The molecule has 1 aromatic heterocycles. The Hall–Kier alpha value is -0.970. The number of halogens is 2. The average molecular weight is 257 g/mol. The van der Waals surface area contributed by atoms with Crippen molar-refractivity contribution in [3.63, 3.8) is 0 Å². The number of nitrogens with zero attached hydrogens (tertiary/aromatic N) is 2. The summed E-state index contributed by atoms with van der Waals surface area (Å²) in [6.45, 7) is 2.86. The van der Waals surface area contributed by atoms with Gasteiger partial charge in [-0.05, 0) is 25.3 Å². The predicted octanol–water partition coefficient (Wildman–Crippen LogP) is 2.90. The van der Waals surface area contributed by atoms with E-state index in [2.05, 4.69) is 10.3 Å². The van der Waals surface area contributed by atoms with Gasteiger partial charge in [-0.25, -0.2) is 13.8 Å². The van der Waals surface area contributed by atoms with Crippen LogP contribution in [-0.2, 0) is 7.05 Å². The molecule has 5 heteroatoms. The van der Waals surface area contributed by atoms with Gasteiger partial charge in [0.25, 0.3) is 0 Å². The van der Waals surface area contributed by atoms with Crippen molar-refractivity contribution in [3.8, 4) is 0 Å². The van der Waals surface area contributed by atoms with E-state index in [0.717, 1.165) is 12.4 Å². The zero-order chi connectivity index (χ0) is 13.2. The van der Waals surface area contributed by atoms with E-state index >= 15 is 0 Å². The maximum Gasteiger partial charge on any atom is 0.248 e. The Kier molecular flexibility index (Phi) is 4.00. The zero-order valence-electron chi connectivity index (χ0n) is 11.0. The van der Waals surface area contributed by atoms with Crippen LogP contribution in [0, 0.1) is 5.92 Å². The molecule has 0 aromatic carbocycles. The van der Waals surface area contributed by atoms with Gasteiger partial charge in [0.2, 0.25) is 5.92 Å². The summed E-state index contributed by atoms with van der Waals surface area (Å²) in [4.78, 5) is 4.36.